The molecule has 1 heterocycles. The fourth-order valence-electron chi connectivity index (χ4n) is 3.54. The van der Waals surface area contributed by atoms with Gasteiger partial charge < -0.3 is 5.32 Å². The monoisotopic (exact) mass is 338 g/mol. The van der Waals surface area contributed by atoms with E-state index in [1.165, 1.54) is 17.7 Å². The van der Waals surface area contributed by atoms with Crippen LogP contribution < -0.4 is 5.32 Å². The van der Waals surface area contributed by atoms with Crippen molar-refractivity contribution in [3.8, 4) is 6.07 Å². The summed E-state index contributed by atoms with van der Waals surface area (Å²) in [4.78, 5) is 0. The molecule has 0 amide bonds. The van der Waals surface area contributed by atoms with Crippen molar-refractivity contribution in [3.05, 3.63) is 64.7 Å². The Kier molecular flexibility index (Phi) is 5.30. The van der Waals surface area contributed by atoms with Gasteiger partial charge in [-0.15, -0.1) is 0 Å². The average Bonchev–Trinajstić information content (AvgIpc) is 3.16. The number of allylic oxidation sites excluding steroid dienone is 1. The molecule has 0 radical (unpaired) electrons. The molecule has 0 unspecified atom stereocenters. The minimum atomic E-state index is -0.205. The van der Waals surface area contributed by atoms with E-state index in [4.69, 9.17) is 5.26 Å². The molecule has 1 N–H and O–H groups in total. The smallest absolute Gasteiger partial charge is 0.123 e. The molecule has 5 heteroatoms. The van der Waals surface area contributed by atoms with Gasteiger partial charge in [0.2, 0.25) is 0 Å². The SMILES string of the molecule is Cc1nn(CCC#N)c(C)c1[C@H]1C=C[C@@H](NCc2ccc(F)cc2)C1. The Labute approximate surface area is 148 Å². The average molecular weight is 338 g/mol. The van der Waals surface area contributed by atoms with E-state index in [2.05, 4.69) is 35.6 Å². The van der Waals surface area contributed by atoms with Crippen LogP contribution in [0.3, 0.4) is 0 Å². The van der Waals surface area contributed by atoms with Gasteiger partial charge in [0.05, 0.1) is 24.7 Å². The number of aryl methyl sites for hydroxylation is 2. The topological polar surface area (TPSA) is 53.6 Å². The molecule has 0 bridgehead atoms. The molecule has 25 heavy (non-hydrogen) atoms. The zero-order valence-corrected chi connectivity index (χ0v) is 14.7. The van der Waals surface area contributed by atoms with Crippen LogP contribution in [-0.4, -0.2) is 15.8 Å². The van der Waals surface area contributed by atoms with Gasteiger partial charge in [-0.2, -0.15) is 10.4 Å². The molecule has 1 aromatic carbocycles. The Morgan fingerprint density at radius 3 is 2.76 bits per heavy atom. The largest absolute Gasteiger partial charge is 0.306 e. The number of nitriles is 1. The highest BCUT2D eigenvalue weighted by atomic mass is 19.1. The summed E-state index contributed by atoms with van der Waals surface area (Å²) in [5.74, 6) is 0.144. The Bertz CT molecular complexity index is 798. The van der Waals surface area contributed by atoms with Gasteiger partial charge in [0, 0.05) is 29.8 Å². The van der Waals surface area contributed by atoms with Crippen LogP contribution in [-0.2, 0) is 13.1 Å². The van der Waals surface area contributed by atoms with Crippen LogP contribution >= 0.6 is 0 Å². The first-order chi connectivity index (χ1) is 12.1. The minimum absolute atomic E-state index is 0.205. The molecule has 1 aromatic heterocycles. The lowest BCUT2D eigenvalue weighted by Gasteiger charge is -2.15. The molecule has 3 rings (SSSR count). The summed E-state index contributed by atoms with van der Waals surface area (Å²) in [6.07, 6.45) is 5.92. The first-order valence-corrected chi connectivity index (χ1v) is 8.65. The second kappa shape index (κ2) is 7.62. The van der Waals surface area contributed by atoms with Crippen molar-refractivity contribution in [3.63, 3.8) is 0 Å². The molecule has 130 valence electrons. The zero-order valence-electron chi connectivity index (χ0n) is 14.7. The molecule has 0 spiro atoms. The van der Waals surface area contributed by atoms with Crippen LogP contribution in [0.4, 0.5) is 4.39 Å². The summed E-state index contributed by atoms with van der Waals surface area (Å²) in [5, 5.41) is 16.9. The molecule has 0 saturated heterocycles. The lowest BCUT2D eigenvalue weighted by molar-refractivity contribution is 0.556. The normalized spacial score (nSPS) is 19.3. The predicted molar refractivity (Wildman–Crippen MR) is 95.5 cm³/mol. The van der Waals surface area contributed by atoms with Gasteiger partial charge in [0.15, 0.2) is 0 Å². The zero-order chi connectivity index (χ0) is 17.8. The minimum Gasteiger partial charge on any atom is -0.306 e. The maximum atomic E-state index is 13.0. The van der Waals surface area contributed by atoms with Crippen LogP contribution in [0.25, 0.3) is 0 Å². The first kappa shape index (κ1) is 17.4. The third-order valence-electron chi connectivity index (χ3n) is 4.81. The van der Waals surface area contributed by atoms with E-state index in [-0.39, 0.29) is 5.82 Å². The van der Waals surface area contributed by atoms with Gasteiger partial charge in [0.25, 0.3) is 0 Å². The van der Waals surface area contributed by atoms with E-state index >= 15 is 0 Å². The number of aromatic nitrogens is 2. The molecule has 2 aromatic rings. The molecule has 2 atom stereocenters. The standard InChI is InChI=1S/C20H23FN4/c1-14-20(15(2)25(24-14)11-3-10-22)17-6-9-19(12-17)23-13-16-4-7-18(21)8-5-16/h4-9,17,19,23H,3,11-13H2,1-2H3/t17-,19+/m0/s1. The quantitative estimate of drug-likeness (QED) is 0.816. The van der Waals surface area contributed by atoms with Crippen LogP contribution in [0.2, 0.25) is 0 Å². The highest BCUT2D eigenvalue weighted by Crippen LogP contribution is 2.33. The van der Waals surface area contributed by atoms with Gasteiger partial charge in [-0.25, -0.2) is 4.39 Å². The fourth-order valence-corrected chi connectivity index (χ4v) is 3.54. The fraction of sp³-hybridized carbons (Fsp3) is 0.400. The lowest BCUT2D eigenvalue weighted by Crippen LogP contribution is -2.25. The molecule has 0 saturated carbocycles. The predicted octanol–water partition coefficient (Wildman–Crippen LogP) is 3.75. The van der Waals surface area contributed by atoms with Gasteiger partial charge in [-0.1, -0.05) is 24.3 Å². The Morgan fingerprint density at radius 2 is 2.04 bits per heavy atom. The Hall–Kier alpha value is -2.45. The van der Waals surface area contributed by atoms with Crippen molar-refractivity contribution in [2.45, 2.75) is 51.7 Å². The third-order valence-corrected chi connectivity index (χ3v) is 4.81. The summed E-state index contributed by atoms with van der Waals surface area (Å²) in [7, 11) is 0. The maximum absolute atomic E-state index is 13.0. The van der Waals surface area contributed by atoms with Crippen molar-refractivity contribution in [1.82, 2.24) is 15.1 Å². The van der Waals surface area contributed by atoms with Gasteiger partial charge >= 0.3 is 0 Å². The second-order valence-corrected chi connectivity index (χ2v) is 6.56. The number of halogens is 1. The van der Waals surface area contributed by atoms with E-state index in [0.29, 0.717) is 24.9 Å². The molecular formula is C20H23FN4. The third kappa shape index (κ3) is 3.97. The van der Waals surface area contributed by atoms with Crippen molar-refractivity contribution >= 4 is 0 Å². The Balaban J connectivity index is 1.61. The number of hydrogen-bond donors (Lipinski definition) is 1. The molecule has 0 fully saturated rings. The molecule has 1 aliphatic carbocycles. The highest BCUT2D eigenvalue weighted by Gasteiger charge is 2.25. The van der Waals surface area contributed by atoms with Crippen LogP contribution in [0.15, 0.2) is 36.4 Å². The summed E-state index contributed by atoms with van der Waals surface area (Å²) < 4.78 is 14.9. The van der Waals surface area contributed by atoms with Gasteiger partial charge in [-0.05, 0) is 38.0 Å². The summed E-state index contributed by atoms with van der Waals surface area (Å²) in [5.41, 5.74) is 4.56. The van der Waals surface area contributed by atoms with E-state index < -0.39 is 0 Å². The van der Waals surface area contributed by atoms with Crippen LogP contribution in [0.5, 0.6) is 0 Å². The molecule has 1 aliphatic rings. The molecule has 4 nitrogen and oxygen atoms in total. The van der Waals surface area contributed by atoms with E-state index in [1.807, 2.05) is 23.7 Å². The van der Waals surface area contributed by atoms with Gasteiger partial charge in [-0.3, -0.25) is 4.68 Å². The van der Waals surface area contributed by atoms with Crippen LogP contribution in [0, 0.1) is 31.0 Å². The van der Waals surface area contributed by atoms with Crippen LogP contribution in [0.1, 0.15) is 41.3 Å². The lowest BCUT2D eigenvalue weighted by atomic mass is 9.96. The van der Waals surface area contributed by atoms with E-state index in [0.717, 1.165) is 29.9 Å². The summed E-state index contributed by atoms with van der Waals surface area (Å²) in [6, 6.07) is 9.09. The van der Waals surface area contributed by atoms with Crippen molar-refractivity contribution < 1.29 is 4.39 Å². The van der Waals surface area contributed by atoms with Crippen molar-refractivity contribution in [1.29, 1.82) is 5.26 Å². The maximum Gasteiger partial charge on any atom is 0.123 e. The summed E-state index contributed by atoms with van der Waals surface area (Å²) >= 11 is 0. The highest BCUT2D eigenvalue weighted by molar-refractivity contribution is 5.35. The van der Waals surface area contributed by atoms with Crippen molar-refractivity contribution in [2.24, 2.45) is 0 Å². The number of hydrogen-bond acceptors (Lipinski definition) is 3. The van der Waals surface area contributed by atoms with E-state index in [1.54, 1.807) is 0 Å². The van der Waals surface area contributed by atoms with E-state index in [9.17, 15) is 4.39 Å². The molecule has 0 aliphatic heterocycles. The second-order valence-electron chi connectivity index (χ2n) is 6.56. The number of rotatable bonds is 6. The van der Waals surface area contributed by atoms with Gasteiger partial charge in [0.1, 0.15) is 5.82 Å². The number of nitrogens with one attached hydrogen (secondary N) is 1. The van der Waals surface area contributed by atoms with Crippen molar-refractivity contribution in [2.75, 3.05) is 0 Å². The number of nitrogens with zero attached hydrogens (tertiary/aromatic N) is 3. The Morgan fingerprint density at radius 1 is 1.28 bits per heavy atom. The first-order valence-electron chi connectivity index (χ1n) is 8.65. The molecular weight excluding hydrogens is 315 g/mol. The summed E-state index contributed by atoms with van der Waals surface area (Å²) in [6.45, 7) is 5.49. The number of benzene rings is 1.